The lowest BCUT2D eigenvalue weighted by atomic mass is 9.95. The summed E-state index contributed by atoms with van der Waals surface area (Å²) in [6.45, 7) is 0. The molecule has 0 saturated carbocycles. The second-order valence-electron chi connectivity index (χ2n) is 13.3. The molecule has 0 amide bonds. The van der Waals surface area contributed by atoms with Gasteiger partial charge in [0.25, 0.3) is 0 Å². The minimum absolute atomic E-state index is 0.157. The standard InChI is InChI=1S/C48H33N3/c1-4-12-32(13-5-1)37-23-20-33-21-24-38(29-40(33)28-37)39-25-22-34-26-27-45-47(42(34)30-39)41-18-10-11-19-44(41)51(45)46-31-43(35-14-6-2-7-15-35)49-48(50-46)36-16-8-3-9-17-36/h1-31,46H,(H,49,50). The second kappa shape index (κ2) is 12.0. The predicted octanol–water partition coefficient (Wildman–Crippen LogP) is 12.0. The number of hydrogen-bond donors (Lipinski definition) is 1. The maximum Gasteiger partial charge on any atom is 0.135 e. The molecule has 1 aliphatic heterocycles. The van der Waals surface area contributed by atoms with E-state index in [4.69, 9.17) is 4.99 Å². The fourth-order valence-corrected chi connectivity index (χ4v) is 7.71. The van der Waals surface area contributed by atoms with Gasteiger partial charge in [-0.15, -0.1) is 0 Å². The first-order chi connectivity index (χ1) is 25.3. The molecule has 0 spiro atoms. The maximum absolute atomic E-state index is 5.14. The number of benzene rings is 8. The van der Waals surface area contributed by atoms with E-state index in [1.165, 1.54) is 65.6 Å². The van der Waals surface area contributed by atoms with E-state index in [9.17, 15) is 0 Å². The Balaban J connectivity index is 1.14. The molecule has 2 heterocycles. The fourth-order valence-electron chi connectivity index (χ4n) is 7.71. The van der Waals surface area contributed by atoms with E-state index in [0.717, 1.165) is 22.7 Å². The topological polar surface area (TPSA) is 29.3 Å². The lowest BCUT2D eigenvalue weighted by Gasteiger charge is -2.26. The van der Waals surface area contributed by atoms with Crippen molar-refractivity contribution in [3.8, 4) is 22.3 Å². The Hall–Kier alpha value is -6.71. The number of fused-ring (bicyclic) bond motifs is 6. The third-order valence-corrected chi connectivity index (χ3v) is 10.2. The van der Waals surface area contributed by atoms with Gasteiger partial charge in [0.15, 0.2) is 0 Å². The van der Waals surface area contributed by atoms with Crippen LogP contribution in [0.25, 0.3) is 71.3 Å². The van der Waals surface area contributed by atoms with Gasteiger partial charge in [-0.05, 0) is 80.2 Å². The molecule has 8 aromatic carbocycles. The van der Waals surface area contributed by atoms with Crippen molar-refractivity contribution in [2.75, 3.05) is 0 Å². The van der Waals surface area contributed by atoms with Crippen LogP contribution in [-0.2, 0) is 0 Å². The number of hydrogen-bond acceptors (Lipinski definition) is 2. The van der Waals surface area contributed by atoms with Crippen LogP contribution in [0, 0.1) is 0 Å². The molecule has 51 heavy (non-hydrogen) atoms. The van der Waals surface area contributed by atoms with Gasteiger partial charge in [0.2, 0.25) is 0 Å². The van der Waals surface area contributed by atoms with Crippen molar-refractivity contribution in [1.29, 1.82) is 0 Å². The molecule has 0 bridgehead atoms. The molecule has 0 radical (unpaired) electrons. The van der Waals surface area contributed by atoms with Crippen LogP contribution < -0.4 is 5.32 Å². The van der Waals surface area contributed by atoms with E-state index in [-0.39, 0.29) is 6.17 Å². The monoisotopic (exact) mass is 651 g/mol. The molecule has 3 nitrogen and oxygen atoms in total. The van der Waals surface area contributed by atoms with E-state index < -0.39 is 0 Å². The highest BCUT2D eigenvalue weighted by atomic mass is 15.2. The molecular formula is C48H33N3. The van der Waals surface area contributed by atoms with Crippen molar-refractivity contribution in [3.05, 3.63) is 199 Å². The predicted molar refractivity (Wildman–Crippen MR) is 215 cm³/mol. The van der Waals surface area contributed by atoms with E-state index in [1.807, 2.05) is 6.07 Å². The Labute approximate surface area is 296 Å². The fraction of sp³-hybridized carbons (Fsp3) is 0.0208. The molecule has 1 aliphatic rings. The number of amidine groups is 1. The lowest BCUT2D eigenvalue weighted by molar-refractivity contribution is 0.600. The lowest BCUT2D eigenvalue weighted by Crippen LogP contribution is -2.34. The number of nitrogens with one attached hydrogen (secondary N) is 1. The number of rotatable bonds is 5. The molecule has 1 N–H and O–H groups in total. The van der Waals surface area contributed by atoms with Crippen LogP contribution in [0.4, 0.5) is 0 Å². The van der Waals surface area contributed by atoms with Gasteiger partial charge in [0, 0.05) is 21.9 Å². The first-order valence-corrected chi connectivity index (χ1v) is 17.5. The van der Waals surface area contributed by atoms with Crippen molar-refractivity contribution < 1.29 is 0 Å². The molecule has 240 valence electrons. The van der Waals surface area contributed by atoms with Crippen LogP contribution in [0.3, 0.4) is 0 Å². The van der Waals surface area contributed by atoms with Crippen LogP contribution in [-0.4, -0.2) is 10.4 Å². The smallest absolute Gasteiger partial charge is 0.135 e. The summed E-state index contributed by atoms with van der Waals surface area (Å²) < 4.78 is 2.44. The zero-order valence-corrected chi connectivity index (χ0v) is 27.9. The normalized spacial score (nSPS) is 14.5. The van der Waals surface area contributed by atoms with Gasteiger partial charge in [-0.3, -0.25) is 0 Å². The first kappa shape index (κ1) is 29.2. The average Bonchev–Trinajstić information content (AvgIpc) is 3.56. The molecular weight excluding hydrogens is 619 g/mol. The number of aliphatic imine (C=N–C) groups is 1. The van der Waals surface area contributed by atoms with E-state index in [1.54, 1.807) is 0 Å². The van der Waals surface area contributed by atoms with Crippen molar-refractivity contribution >= 4 is 54.9 Å². The summed E-state index contributed by atoms with van der Waals surface area (Å²) in [5.41, 5.74) is 10.4. The highest BCUT2D eigenvalue weighted by Gasteiger charge is 2.24. The molecule has 1 atom stereocenters. The van der Waals surface area contributed by atoms with Gasteiger partial charge >= 0.3 is 0 Å². The van der Waals surface area contributed by atoms with Crippen LogP contribution in [0.2, 0.25) is 0 Å². The quantitative estimate of drug-likeness (QED) is 0.197. The summed E-state index contributed by atoms with van der Waals surface area (Å²) >= 11 is 0. The molecule has 0 saturated heterocycles. The summed E-state index contributed by atoms with van der Waals surface area (Å²) in [5, 5.41) is 11.3. The number of aromatic nitrogens is 1. The average molecular weight is 652 g/mol. The molecule has 3 heteroatoms. The highest BCUT2D eigenvalue weighted by Crippen LogP contribution is 2.40. The summed E-state index contributed by atoms with van der Waals surface area (Å²) in [4.78, 5) is 5.14. The minimum atomic E-state index is -0.157. The van der Waals surface area contributed by atoms with Crippen molar-refractivity contribution in [3.63, 3.8) is 0 Å². The molecule has 0 fully saturated rings. The molecule has 10 rings (SSSR count). The largest absolute Gasteiger partial charge is 0.346 e. The van der Waals surface area contributed by atoms with Crippen LogP contribution >= 0.6 is 0 Å². The first-order valence-electron chi connectivity index (χ1n) is 17.5. The van der Waals surface area contributed by atoms with Crippen LogP contribution in [0.1, 0.15) is 17.3 Å². The summed E-state index contributed by atoms with van der Waals surface area (Å²) in [7, 11) is 0. The Morgan fingerprint density at radius 2 is 0.980 bits per heavy atom. The molecule has 0 aliphatic carbocycles. The highest BCUT2D eigenvalue weighted by molar-refractivity contribution is 6.21. The molecule has 1 unspecified atom stereocenters. The van der Waals surface area contributed by atoms with Gasteiger partial charge in [-0.25, -0.2) is 4.99 Å². The van der Waals surface area contributed by atoms with Crippen molar-refractivity contribution in [2.45, 2.75) is 6.17 Å². The number of para-hydroxylation sites is 1. The third kappa shape index (κ3) is 5.10. The van der Waals surface area contributed by atoms with E-state index >= 15 is 0 Å². The summed E-state index contributed by atoms with van der Waals surface area (Å²) in [6.07, 6.45) is 2.10. The van der Waals surface area contributed by atoms with E-state index in [0.29, 0.717) is 0 Å². The van der Waals surface area contributed by atoms with Crippen molar-refractivity contribution in [1.82, 2.24) is 9.88 Å². The Kier molecular flexibility index (Phi) is 6.88. The zero-order valence-electron chi connectivity index (χ0n) is 27.9. The van der Waals surface area contributed by atoms with Gasteiger partial charge < -0.3 is 9.88 Å². The Morgan fingerprint density at radius 3 is 1.71 bits per heavy atom. The van der Waals surface area contributed by atoms with Crippen LogP contribution in [0.5, 0.6) is 0 Å². The Bertz CT molecular complexity index is 2810. The Morgan fingerprint density at radius 1 is 0.412 bits per heavy atom. The SMILES string of the molecule is C1=C(c2ccccc2)N=C(c2ccccc2)NC1n1c2ccccc2c2c3cc(-c4ccc5ccc(-c6ccccc6)cc5c4)ccc3ccc21. The van der Waals surface area contributed by atoms with Gasteiger partial charge in [0.1, 0.15) is 12.0 Å². The third-order valence-electron chi connectivity index (χ3n) is 10.2. The van der Waals surface area contributed by atoms with Gasteiger partial charge in [-0.2, -0.15) is 0 Å². The summed E-state index contributed by atoms with van der Waals surface area (Å²) in [6, 6.07) is 65.3. The zero-order chi connectivity index (χ0) is 33.7. The van der Waals surface area contributed by atoms with E-state index in [2.05, 4.69) is 192 Å². The molecule has 1 aromatic heterocycles. The second-order valence-corrected chi connectivity index (χ2v) is 13.3. The molecule has 9 aromatic rings. The number of nitrogens with zero attached hydrogens (tertiary/aromatic N) is 2. The van der Waals surface area contributed by atoms with Gasteiger partial charge in [0.05, 0.1) is 16.7 Å². The summed E-state index contributed by atoms with van der Waals surface area (Å²) in [5.74, 6) is 0.864. The van der Waals surface area contributed by atoms with Crippen LogP contribution in [0.15, 0.2) is 193 Å². The minimum Gasteiger partial charge on any atom is -0.346 e. The maximum atomic E-state index is 5.14. The van der Waals surface area contributed by atoms with Gasteiger partial charge in [-0.1, -0.05) is 152 Å². The van der Waals surface area contributed by atoms with Crippen molar-refractivity contribution in [2.24, 2.45) is 4.99 Å².